The molecule has 1 amide bonds. The van der Waals surface area contributed by atoms with Crippen LogP contribution in [0, 0.1) is 0 Å². The zero-order valence-corrected chi connectivity index (χ0v) is 16.8. The Kier molecular flexibility index (Phi) is 4.57. The molecular weight excluding hydrogens is 402 g/mol. The molecule has 2 aliphatic rings. The number of Topliss-reactive ketones (excluding diaryl/α,β-unsaturated/α-hetero) is 2. The highest BCUT2D eigenvalue weighted by Gasteiger charge is 2.55. The Morgan fingerprint density at radius 1 is 1.19 bits per heavy atom. The second-order valence-electron chi connectivity index (χ2n) is 7.49. The smallest absolute Gasteiger partial charge is 0.256 e. The SMILES string of the molecule is CC(=O)C1=C(O)C=C2Oc3c(C(N)=O)c(OCc4ccccc4)cc(O)c3C2(C)C1=O. The fourth-order valence-corrected chi connectivity index (χ4v) is 3.93. The number of ether oxygens (including phenoxy) is 2. The quantitative estimate of drug-likeness (QED) is 0.631. The van der Waals surface area contributed by atoms with E-state index in [1.807, 2.05) is 30.3 Å². The lowest BCUT2D eigenvalue weighted by atomic mass is 9.71. The first kappa shape index (κ1) is 20.2. The molecule has 1 heterocycles. The predicted molar refractivity (Wildman–Crippen MR) is 109 cm³/mol. The molecule has 1 aliphatic carbocycles. The van der Waals surface area contributed by atoms with Crippen molar-refractivity contribution in [2.24, 2.45) is 5.73 Å². The Labute approximate surface area is 177 Å². The number of hydrogen-bond donors (Lipinski definition) is 3. The topological polar surface area (TPSA) is 136 Å². The van der Waals surface area contributed by atoms with E-state index in [1.54, 1.807) is 0 Å². The van der Waals surface area contributed by atoms with Crippen molar-refractivity contribution in [3.05, 3.63) is 76.3 Å². The highest BCUT2D eigenvalue weighted by Crippen LogP contribution is 2.56. The molecule has 8 nitrogen and oxygen atoms in total. The van der Waals surface area contributed by atoms with E-state index in [9.17, 15) is 24.6 Å². The van der Waals surface area contributed by atoms with Gasteiger partial charge in [0.2, 0.25) is 0 Å². The van der Waals surface area contributed by atoms with Crippen LogP contribution >= 0.6 is 0 Å². The van der Waals surface area contributed by atoms with Gasteiger partial charge in [-0.1, -0.05) is 30.3 Å². The number of phenolic OH excluding ortho intramolecular Hbond substituents is 1. The van der Waals surface area contributed by atoms with Crippen molar-refractivity contribution in [1.82, 2.24) is 0 Å². The van der Waals surface area contributed by atoms with Crippen LogP contribution in [-0.2, 0) is 21.6 Å². The van der Waals surface area contributed by atoms with Gasteiger partial charge in [0.05, 0.1) is 5.56 Å². The first-order valence-electron chi connectivity index (χ1n) is 9.42. The van der Waals surface area contributed by atoms with Crippen LogP contribution < -0.4 is 15.2 Å². The molecule has 0 aromatic heterocycles. The van der Waals surface area contributed by atoms with Gasteiger partial charge in [-0.15, -0.1) is 0 Å². The first-order chi connectivity index (χ1) is 14.7. The van der Waals surface area contributed by atoms with Crippen LogP contribution in [0.3, 0.4) is 0 Å². The van der Waals surface area contributed by atoms with Gasteiger partial charge in [0.15, 0.2) is 17.3 Å². The van der Waals surface area contributed by atoms with Crippen LogP contribution in [-0.4, -0.2) is 27.7 Å². The van der Waals surface area contributed by atoms with Crippen LogP contribution in [0.1, 0.15) is 35.3 Å². The second-order valence-corrected chi connectivity index (χ2v) is 7.49. The summed E-state index contributed by atoms with van der Waals surface area (Å²) in [5.41, 5.74) is 4.20. The van der Waals surface area contributed by atoms with Gasteiger partial charge in [0.25, 0.3) is 5.91 Å². The Morgan fingerprint density at radius 3 is 2.48 bits per heavy atom. The van der Waals surface area contributed by atoms with Crippen LogP contribution in [0.5, 0.6) is 17.2 Å². The fourth-order valence-electron chi connectivity index (χ4n) is 3.93. The molecule has 31 heavy (non-hydrogen) atoms. The number of rotatable bonds is 5. The number of carbonyl (C=O) groups is 3. The Bertz CT molecular complexity index is 1210. The maximum atomic E-state index is 13.2. The minimum atomic E-state index is -1.62. The van der Waals surface area contributed by atoms with Crippen LogP contribution in [0.15, 0.2) is 59.6 Å². The molecule has 0 fully saturated rings. The summed E-state index contributed by atoms with van der Waals surface area (Å²) in [4.78, 5) is 37.4. The number of carbonyl (C=O) groups excluding carboxylic acids is 3. The maximum absolute atomic E-state index is 13.2. The first-order valence-corrected chi connectivity index (χ1v) is 9.42. The average Bonchev–Trinajstić information content (AvgIpc) is 3.00. The van der Waals surface area contributed by atoms with Gasteiger partial charge in [0, 0.05) is 12.1 Å². The molecule has 1 unspecified atom stereocenters. The second kappa shape index (κ2) is 7.02. The molecule has 0 saturated carbocycles. The third-order valence-electron chi connectivity index (χ3n) is 5.47. The minimum absolute atomic E-state index is 0.0177. The zero-order valence-electron chi connectivity index (χ0n) is 16.8. The van der Waals surface area contributed by atoms with Gasteiger partial charge in [-0.25, -0.2) is 0 Å². The number of primary amides is 1. The Balaban J connectivity index is 1.85. The Morgan fingerprint density at radius 2 is 1.87 bits per heavy atom. The van der Waals surface area contributed by atoms with Gasteiger partial charge < -0.3 is 25.4 Å². The van der Waals surface area contributed by atoms with Crippen molar-refractivity contribution < 1.29 is 34.1 Å². The summed E-state index contributed by atoms with van der Waals surface area (Å²) in [6, 6.07) is 10.3. The number of aliphatic hydroxyl groups excluding tert-OH is 1. The summed E-state index contributed by atoms with van der Waals surface area (Å²) in [5.74, 6) is -3.39. The number of allylic oxidation sites excluding steroid dienone is 3. The molecule has 1 atom stereocenters. The fraction of sp³-hybridized carbons (Fsp3) is 0.174. The average molecular weight is 421 g/mol. The normalized spacial score (nSPS) is 19.3. The van der Waals surface area contributed by atoms with Crippen molar-refractivity contribution in [2.75, 3.05) is 0 Å². The number of aromatic hydroxyl groups is 1. The highest BCUT2D eigenvalue weighted by atomic mass is 16.5. The molecule has 0 spiro atoms. The molecule has 8 heteroatoms. The summed E-state index contributed by atoms with van der Waals surface area (Å²) < 4.78 is 11.5. The van der Waals surface area contributed by atoms with Gasteiger partial charge in [0.1, 0.15) is 46.2 Å². The number of benzene rings is 2. The number of nitrogens with two attached hydrogens (primary N) is 1. The lowest BCUT2D eigenvalue weighted by Gasteiger charge is -2.27. The number of phenols is 1. The van der Waals surface area contributed by atoms with E-state index in [0.717, 1.165) is 18.6 Å². The number of amides is 1. The van der Waals surface area contributed by atoms with E-state index in [4.69, 9.17) is 15.2 Å². The van der Waals surface area contributed by atoms with E-state index >= 15 is 0 Å². The standard InChI is InChI=1S/C23H19NO7/c1-11(25)17-13(26)9-16-23(2,21(17)28)19-14(27)8-15(18(22(24)29)20(19)31-16)30-10-12-6-4-3-5-7-12/h3-9,26-27H,10H2,1-2H3,(H2,24,29). The summed E-state index contributed by atoms with van der Waals surface area (Å²) >= 11 is 0. The maximum Gasteiger partial charge on any atom is 0.256 e. The number of ketones is 2. The van der Waals surface area contributed by atoms with Gasteiger partial charge in [-0.3, -0.25) is 14.4 Å². The number of fused-ring (bicyclic) bond motifs is 3. The molecule has 2 aromatic carbocycles. The zero-order chi connectivity index (χ0) is 22.5. The molecule has 0 saturated heterocycles. The summed E-state index contributed by atoms with van der Waals surface area (Å²) in [7, 11) is 0. The molecule has 4 rings (SSSR count). The van der Waals surface area contributed by atoms with Crippen LogP contribution in [0.4, 0.5) is 0 Å². The lowest BCUT2D eigenvalue weighted by Crippen LogP contribution is -2.38. The van der Waals surface area contributed by atoms with Gasteiger partial charge in [-0.2, -0.15) is 0 Å². The Hall–Kier alpha value is -4.07. The monoisotopic (exact) mass is 421 g/mol. The molecule has 4 N–H and O–H groups in total. The number of hydrogen-bond acceptors (Lipinski definition) is 7. The van der Waals surface area contributed by atoms with Crippen molar-refractivity contribution >= 4 is 17.5 Å². The molecule has 0 radical (unpaired) electrons. The van der Waals surface area contributed by atoms with E-state index < -0.39 is 34.2 Å². The molecule has 158 valence electrons. The molecular formula is C23H19NO7. The minimum Gasteiger partial charge on any atom is -0.507 e. The summed E-state index contributed by atoms with van der Waals surface area (Å²) in [5, 5.41) is 20.9. The molecule has 0 bridgehead atoms. The van der Waals surface area contributed by atoms with E-state index in [-0.39, 0.29) is 40.7 Å². The van der Waals surface area contributed by atoms with Crippen molar-refractivity contribution in [3.8, 4) is 17.2 Å². The van der Waals surface area contributed by atoms with Crippen molar-refractivity contribution in [3.63, 3.8) is 0 Å². The van der Waals surface area contributed by atoms with Crippen molar-refractivity contribution in [2.45, 2.75) is 25.9 Å². The van der Waals surface area contributed by atoms with E-state index in [2.05, 4.69) is 0 Å². The van der Waals surface area contributed by atoms with E-state index in [0.29, 0.717) is 0 Å². The third kappa shape index (κ3) is 2.95. The van der Waals surface area contributed by atoms with Gasteiger partial charge >= 0.3 is 0 Å². The molecule has 1 aliphatic heterocycles. The lowest BCUT2D eigenvalue weighted by molar-refractivity contribution is -0.123. The van der Waals surface area contributed by atoms with Crippen LogP contribution in [0.2, 0.25) is 0 Å². The number of aliphatic hydroxyl groups is 1. The summed E-state index contributed by atoms with van der Waals surface area (Å²) in [6.07, 6.45) is 1.13. The van der Waals surface area contributed by atoms with E-state index in [1.165, 1.54) is 13.0 Å². The predicted octanol–water partition coefficient (Wildman–Crippen LogP) is 2.59. The largest absolute Gasteiger partial charge is 0.507 e. The van der Waals surface area contributed by atoms with Crippen LogP contribution in [0.25, 0.3) is 0 Å². The highest BCUT2D eigenvalue weighted by molar-refractivity contribution is 6.25. The van der Waals surface area contributed by atoms with Crippen molar-refractivity contribution in [1.29, 1.82) is 0 Å². The molecule has 2 aromatic rings. The third-order valence-corrected chi connectivity index (χ3v) is 5.47. The summed E-state index contributed by atoms with van der Waals surface area (Å²) in [6.45, 7) is 2.68. The van der Waals surface area contributed by atoms with Gasteiger partial charge in [-0.05, 0) is 19.4 Å².